The Labute approximate surface area is 188 Å². The molecule has 2 aliphatic rings. The average molecular weight is 441 g/mol. The van der Waals surface area contributed by atoms with Gasteiger partial charge in [0.25, 0.3) is 0 Å². The summed E-state index contributed by atoms with van der Waals surface area (Å²) in [6, 6.07) is 7.82. The molecular weight excluding hydrogens is 408 g/mol. The van der Waals surface area contributed by atoms with Crippen molar-refractivity contribution in [3.8, 4) is 0 Å². The van der Waals surface area contributed by atoms with Gasteiger partial charge in [0.05, 0.1) is 11.5 Å². The summed E-state index contributed by atoms with van der Waals surface area (Å²) in [4.78, 5) is 27.7. The first kappa shape index (κ1) is 22.4. The molecule has 1 aliphatic carbocycles. The largest absolute Gasteiger partial charge is 0.384 e. The van der Waals surface area contributed by atoms with Crippen molar-refractivity contribution in [1.82, 2.24) is 30.4 Å². The number of likely N-dealkylation sites (tertiary alicyclic amines) is 1. The summed E-state index contributed by atoms with van der Waals surface area (Å²) >= 11 is 0. The summed E-state index contributed by atoms with van der Waals surface area (Å²) in [5.41, 5.74) is 0.547. The van der Waals surface area contributed by atoms with Crippen LogP contribution in [0.2, 0.25) is 0 Å². The molecule has 0 bridgehead atoms. The fourth-order valence-corrected chi connectivity index (χ4v) is 5.19. The average Bonchev–Trinajstić information content (AvgIpc) is 3.42. The van der Waals surface area contributed by atoms with Gasteiger partial charge >= 0.3 is 0 Å². The second-order valence-electron chi connectivity index (χ2n) is 9.84. The summed E-state index contributed by atoms with van der Waals surface area (Å²) in [6.07, 6.45) is 4.31. The van der Waals surface area contributed by atoms with E-state index in [1.165, 1.54) is 11.0 Å². The van der Waals surface area contributed by atoms with Crippen LogP contribution in [0.4, 0.5) is 0 Å². The molecular formula is C23H32N6O3. The number of nitrogens with zero attached hydrogens (tertiary/aromatic N) is 5. The van der Waals surface area contributed by atoms with E-state index in [0.717, 1.165) is 30.4 Å². The molecule has 1 aliphatic heterocycles. The van der Waals surface area contributed by atoms with E-state index < -0.39 is 11.0 Å². The van der Waals surface area contributed by atoms with Crippen molar-refractivity contribution in [2.45, 2.75) is 64.6 Å². The first-order valence-corrected chi connectivity index (χ1v) is 11.3. The Bertz CT molecular complexity index is 959. The van der Waals surface area contributed by atoms with Crippen LogP contribution in [0.1, 0.15) is 50.7 Å². The number of amides is 2. The predicted molar refractivity (Wildman–Crippen MR) is 117 cm³/mol. The molecule has 3 atom stereocenters. The minimum Gasteiger partial charge on any atom is -0.384 e. The predicted octanol–water partition coefficient (Wildman–Crippen LogP) is 1.41. The lowest BCUT2D eigenvalue weighted by Crippen LogP contribution is -2.58. The van der Waals surface area contributed by atoms with Gasteiger partial charge in [0.15, 0.2) is 0 Å². The van der Waals surface area contributed by atoms with Crippen LogP contribution in [0.3, 0.4) is 0 Å². The summed E-state index contributed by atoms with van der Waals surface area (Å²) in [7, 11) is 0. The first-order chi connectivity index (χ1) is 15.2. The Morgan fingerprint density at radius 1 is 1.22 bits per heavy atom. The summed E-state index contributed by atoms with van der Waals surface area (Å²) in [5.74, 6) is -0.377. The van der Waals surface area contributed by atoms with E-state index in [2.05, 4.69) is 20.8 Å². The van der Waals surface area contributed by atoms with Crippen LogP contribution in [-0.2, 0) is 21.7 Å². The lowest BCUT2D eigenvalue weighted by molar-refractivity contribution is -0.157. The molecule has 1 saturated carbocycles. The number of tetrazole rings is 1. The van der Waals surface area contributed by atoms with Crippen molar-refractivity contribution in [2.24, 2.45) is 11.3 Å². The zero-order chi connectivity index (χ0) is 22.9. The van der Waals surface area contributed by atoms with Crippen molar-refractivity contribution in [3.63, 3.8) is 0 Å². The van der Waals surface area contributed by atoms with Gasteiger partial charge in [0.1, 0.15) is 12.9 Å². The minimum absolute atomic E-state index is 0.0325. The quantitative estimate of drug-likeness (QED) is 0.727. The minimum atomic E-state index is -0.993. The summed E-state index contributed by atoms with van der Waals surface area (Å²) < 4.78 is 1.36. The van der Waals surface area contributed by atoms with E-state index >= 15 is 0 Å². The molecule has 1 saturated heterocycles. The van der Waals surface area contributed by atoms with Crippen LogP contribution in [0.5, 0.6) is 0 Å². The number of carbonyl (C=O) groups excluding carboxylic acids is 2. The van der Waals surface area contributed by atoms with Crippen LogP contribution in [0, 0.1) is 18.3 Å². The van der Waals surface area contributed by atoms with Crippen molar-refractivity contribution in [2.75, 3.05) is 13.1 Å². The molecule has 1 aromatic heterocycles. The van der Waals surface area contributed by atoms with Crippen molar-refractivity contribution in [3.05, 3.63) is 41.7 Å². The highest BCUT2D eigenvalue weighted by Gasteiger charge is 2.50. The van der Waals surface area contributed by atoms with Crippen LogP contribution in [0.15, 0.2) is 30.6 Å². The van der Waals surface area contributed by atoms with Crippen molar-refractivity contribution >= 4 is 11.8 Å². The maximum Gasteiger partial charge on any atom is 0.242 e. The van der Waals surface area contributed by atoms with Crippen LogP contribution in [-0.4, -0.2) is 61.2 Å². The van der Waals surface area contributed by atoms with Gasteiger partial charge in [-0.2, -0.15) is 0 Å². The monoisotopic (exact) mass is 440 g/mol. The van der Waals surface area contributed by atoms with Crippen LogP contribution in [0.25, 0.3) is 0 Å². The number of piperidine rings is 1. The Morgan fingerprint density at radius 2 is 1.97 bits per heavy atom. The number of rotatable bonds is 5. The Hall–Kier alpha value is -2.81. The van der Waals surface area contributed by atoms with E-state index in [-0.39, 0.29) is 30.3 Å². The Balaban J connectivity index is 1.42. The normalized spacial score (nSPS) is 27.3. The lowest BCUT2D eigenvalue weighted by atomic mass is 9.66. The highest BCUT2D eigenvalue weighted by molar-refractivity contribution is 5.82. The van der Waals surface area contributed by atoms with Gasteiger partial charge in [-0.05, 0) is 42.2 Å². The SMILES string of the molecule is Cc1ccc([C@@]2(O)CCN(C(=O)[C@H]3CCC[C@H]3NC(=O)Cn3cnnn3)CC2(C)C)cc1. The number of carbonyl (C=O) groups is 2. The number of aromatic nitrogens is 4. The van der Waals surface area contributed by atoms with E-state index in [1.807, 2.05) is 49.9 Å². The number of nitrogens with one attached hydrogen (secondary N) is 1. The van der Waals surface area contributed by atoms with Crippen molar-refractivity contribution in [1.29, 1.82) is 0 Å². The molecule has 9 nitrogen and oxygen atoms in total. The molecule has 9 heteroatoms. The lowest BCUT2D eigenvalue weighted by Gasteiger charge is -2.51. The second kappa shape index (κ2) is 8.61. The van der Waals surface area contributed by atoms with Gasteiger partial charge in [-0.1, -0.05) is 50.1 Å². The number of hydrogen-bond acceptors (Lipinski definition) is 6. The smallest absolute Gasteiger partial charge is 0.242 e. The highest BCUT2D eigenvalue weighted by Crippen LogP contribution is 2.46. The molecule has 2 N–H and O–H groups in total. The van der Waals surface area contributed by atoms with Crippen LogP contribution >= 0.6 is 0 Å². The summed E-state index contributed by atoms with van der Waals surface area (Å²) in [6.45, 7) is 7.07. The van der Waals surface area contributed by atoms with E-state index in [0.29, 0.717) is 19.5 Å². The fraction of sp³-hybridized carbons (Fsp3) is 0.609. The second-order valence-corrected chi connectivity index (χ2v) is 9.84. The molecule has 172 valence electrons. The third-order valence-corrected chi connectivity index (χ3v) is 7.17. The third-order valence-electron chi connectivity index (χ3n) is 7.17. The number of aryl methyl sites for hydroxylation is 1. The molecule has 2 aromatic rings. The van der Waals surface area contributed by atoms with Gasteiger partial charge in [0, 0.05) is 24.5 Å². The van der Waals surface area contributed by atoms with Crippen molar-refractivity contribution < 1.29 is 14.7 Å². The van der Waals surface area contributed by atoms with Gasteiger partial charge in [-0.3, -0.25) is 9.59 Å². The van der Waals surface area contributed by atoms with E-state index in [4.69, 9.17) is 0 Å². The molecule has 4 rings (SSSR count). The molecule has 0 spiro atoms. The van der Waals surface area contributed by atoms with Gasteiger partial charge in [-0.25, -0.2) is 4.68 Å². The number of hydrogen-bond donors (Lipinski definition) is 2. The molecule has 1 aromatic carbocycles. The molecule has 2 amide bonds. The molecule has 32 heavy (non-hydrogen) atoms. The van der Waals surface area contributed by atoms with E-state index in [1.54, 1.807) is 0 Å². The van der Waals surface area contributed by atoms with Crippen LogP contribution < -0.4 is 5.32 Å². The Morgan fingerprint density at radius 3 is 2.62 bits per heavy atom. The number of benzene rings is 1. The van der Waals surface area contributed by atoms with Gasteiger partial charge < -0.3 is 15.3 Å². The first-order valence-electron chi connectivity index (χ1n) is 11.3. The molecule has 2 heterocycles. The third kappa shape index (κ3) is 4.26. The number of aliphatic hydroxyl groups is 1. The molecule has 2 fully saturated rings. The molecule has 0 unspecified atom stereocenters. The maximum absolute atomic E-state index is 13.4. The molecule has 0 radical (unpaired) electrons. The highest BCUT2D eigenvalue weighted by atomic mass is 16.3. The zero-order valence-corrected chi connectivity index (χ0v) is 19.0. The topological polar surface area (TPSA) is 113 Å². The maximum atomic E-state index is 13.4. The standard InChI is InChI=1S/C23H32N6O3/c1-16-7-9-17(10-8-16)23(32)11-12-28(14-22(23,2)3)21(31)18-5-4-6-19(18)25-20(30)13-29-15-24-26-27-29/h7-10,15,18-19,32H,4-6,11-14H2,1-3H3,(H,25,30)/t18-,19+,23-/m0/s1. The summed E-state index contributed by atoms with van der Waals surface area (Å²) in [5, 5.41) is 25.4. The van der Waals surface area contributed by atoms with Gasteiger partial charge in [0.2, 0.25) is 11.8 Å². The van der Waals surface area contributed by atoms with Gasteiger partial charge in [-0.15, -0.1) is 5.10 Å². The van der Waals surface area contributed by atoms with E-state index in [9.17, 15) is 14.7 Å². The Kier molecular flexibility index (Phi) is 6.03. The zero-order valence-electron chi connectivity index (χ0n) is 19.0. The fourth-order valence-electron chi connectivity index (χ4n) is 5.19.